The standard InChI is InChI=1S/C14H10BrCl2NO2/c15-10-5-14-13(19-7-20-14)3-8(10)6-18-12-2-1-9(16)4-11(12)17/h1-5,18H,6-7H2. The van der Waals surface area contributed by atoms with Crippen molar-refractivity contribution in [1.82, 2.24) is 0 Å². The molecule has 20 heavy (non-hydrogen) atoms. The highest BCUT2D eigenvalue weighted by atomic mass is 79.9. The molecule has 1 N–H and O–H groups in total. The quantitative estimate of drug-likeness (QED) is 0.810. The van der Waals surface area contributed by atoms with Crippen molar-refractivity contribution < 1.29 is 9.47 Å². The van der Waals surface area contributed by atoms with Gasteiger partial charge in [0.15, 0.2) is 11.5 Å². The van der Waals surface area contributed by atoms with Gasteiger partial charge in [0, 0.05) is 16.0 Å². The van der Waals surface area contributed by atoms with E-state index in [-0.39, 0.29) is 6.79 Å². The van der Waals surface area contributed by atoms with Crippen LogP contribution in [0, 0.1) is 0 Å². The van der Waals surface area contributed by atoms with Gasteiger partial charge in [0.2, 0.25) is 6.79 Å². The van der Waals surface area contributed by atoms with E-state index in [9.17, 15) is 0 Å². The lowest BCUT2D eigenvalue weighted by Crippen LogP contribution is -2.01. The number of rotatable bonds is 3. The maximum Gasteiger partial charge on any atom is 0.231 e. The average molecular weight is 375 g/mol. The van der Waals surface area contributed by atoms with Crippen molar-refractivity contribution >= 4 is 44.8 Å². The molecule has 0 saturated carbocycles. The van der Waals surface area contributed by atoms with Gasteiger partial charge in [0.05, 0.1) is 10.7 Å². The largest absolute Gasteiger partial charge is 0.454 e. The van der Waals surface area contributed by atoms with E-state index < -0.39 is 0 Å². The van der Waals surface area contributed by atoms with E-state index in [1.165, 1.54) is 0 Å². The average Bonchev–Trinajstić information content (AvgIpc) is 2.84. The smallest absolute Gasteiger partial charge is 0.231 e. The van der Waals surface area contributed by atoms with Gasteiger partial charge in [-0.3, -0.25) is 0 Å². The molecular weight excluding hydrogens is 365 g/mol. The number of ether oxygens (including phenoxy) is 2. The first-order valence-electron chi connectivity index (χ1n) is 5.90. The topological polar surface area (TPSA) is 30.5 Å². The first-order valence-corrected chi connectivity index (χ1v) is 7.45. The maximum absolute atomic E-state index is 6.13. The Morgan fingerprint density at radius 2 is 1.85 bits per heavy atom. The van der Waals surface area contributed by atoms with Crippen molar-refractivity contribution in [2.75, 3.05) is 12.1 Å². The zero-order chi connectivity index (χ0) is 14.1. The zero-order valence-corrected chi connectivity index (χ0v) is 13.3. The molecule has 104 valence electrons. The summed E-state index contributed by atoms with van der Waals surface area (Å²) < 4.78 is 11.6. The zero-order valence-electron chi connectivity index (χ0n) is 10.3. The van der Waals surface area contributed by atoms with Crippen molar-refractivity contribution in [3.63, 3.8) is 0 Å². The Kier molecular flexibility index (Phi) is 3.96. The molecule has 0 unspecified atom stereocenters. The second kappa shape index (κ2) is 5.72. The molecule has 0 fully saturated rings. The SMILES string of the molecule is Clc1ccc(NCc2cc3c(cc2Br)OCO3)c(Cl)c1. The minimum atomic E-state index is 0.266. The number of halogens is 3. The van der Waals surface area contributed by atoms with Crippen LogP contribution in [0.5, 0.6) is 11.5 Å². The van der Waals surface area contributed by atoms with E-state index >= 15 is 0 Å². The predicted molar refractivity (Wildman–Crippen MR) is 84.1 cm³/mol. The van der Waals surface area contributed by atoms with Gasteiger partial charge in [-0.15, -0.1) is 0 Å². The first kappa shape index (κ1) is 13.9. The fraction of sp³-hybridized carbons (Fsp3) is 0.143. The summed E-state index contributed by atoms with van der Waals surface area (Å²) in [6.07, 6.45) is 0. The Hall–Kier alpha value is -1.10. The number of fused-ring (bicyclic) bond motifs is 1. The molecule has 0 radical (unpaired) electrons. The summed E-state index contributed by atoms with van der Waals surface area (Å²) in [6, 6.07) is 9.21. The third-order valence-corrected chi connectivity index (χ3v) is 4.23. The number of hydrogen-bond acceptors (Lipinski definition) is 3. The van der Waals surface area contributed by atoms with Gasteiger partial charge in [-0.25, -0.2) is 0 Å². The van der Waals surface area contributed by atoms with Crippen molar-refractivity contribution in [2.45, 2.75) is 6.54 Å². The Morgan fingerprint density at radius 3 is 2.60 bits per heavy atom. The molecule has 0 aromatic heterocycles. The molecule has 0 bridgehead atoms. The second-order valence-corrected chi connectivity index (χ2v) is 5.97. The Bertz CT molecular complexity index is 664. The van der Waals surface area contributed by atoms with Gasteiger partial charge in [-0.2, -0.15) is 0 Å². The normalized spacial score (nSPS) is 12.6. The second-order valence-electron chi connectivity index (χ2n) is 4.27. The van der Waals surface area contributed by atoms with Crippen LogP contribution in [0.3, 0.4) is 0 Å². The summed E-state index contributed by atoms with van der Waals surface area (Å²) in [6.45, 7) is 0.875. The highest BCUT2D eigenvalue weighted by molar-refractivity contribution is 9.10. The van der Waals surface area contributed by atoms with Crippen LogP contribution in [-0.2, 0) is 6.54 Å². The van der Waals surface area contributed by atoms with Crippen molar-refractivity contribution in [3.8, 4) is 11.5 Å². The molecule has 6 heteroatoms. The number of benzene rings is 2. The molecule has 3 rings (SSSR count). The molecule has 3 nitrogen and oxygen atoms in total. The minimum Gasteiger partial charge on any atom is -0.454 e. The fourth-order valence-corrected chi connectivity index (χ4v) is 2.86. The van der Waals surface area contributed by atoms with Gasteiger partial charge in [0.25, 0.3) is 0 Å². The molecule has 0 aliphatic carbocycles. The van der Waals surface area contributed by atoms with Crippen LogP contribution >= 0.6 is 39.1 Å². The molecule has 2 aromatic rings. The van der Waals surface area contributed by atoms with Crippen LogP contribution in [0.1, 0.15) is 5.56 Å². The van der Waals surface area contributed by atoms with Crippen LogP contribution in [0.15, 0.2) is 34.8 Å². The summed E-state index contributed by atoms with van der Waals surface area (Å²) in [5.41, 5.74) is 1.89. The van der Waals surface area contributed by atoms with E-state index in [0.29, 0.717) is 16.6 Å². The molecule has 1 aliphatic heterocycles. The molecule has 1 aliphatic rings. The molecule has 0 spiro atoms. The molecule has 0 saturated heterocycles. The highest BCUT2D eigenvalue weighted by Crippen LogP contribution is 2.37. The molecule has 2 aromatic carbocycles. The van der Waals surface area contributed by atoms with Crippen LogP contribution in [0.2, 0.25) is 10.0 Å². The summed E-state index contributed by atoms with van der Waals surface area (Å²) in [5.74, 6) is 1.51. The van der Waals surface area contributed by atoms with Crippen LogP contribution in [0.25, 0.3) is 0 Å². The number of hydrogen-bond donors (Lipinski definition) is 1. The molecule has 0 amide bonds. The molecular formula is C14H10BrCl2NO2. The number of nitrogens with one attached hydrogen (secondary N) is 1. The Morgan fingerprint density at radius 1 is 1.10 bits per heavy atom. The third-order valence-electron chi connectivity index (χ3n) is 2.94. The van der Waals surface area contributed by atoms with E-state index in [1.807, 2.05) is 18.2 Å². The lowest BCUT2D eigenvalue weighted by molar-refractivity contribution is 0.174. The van der Waals surface area contributed by atoms with E-state index in [2.05, 4.69) is 21.2 Å². The van der Waals surface area contributed by atoms with Gasteiger partial charge in [0.1, 0.15) is 0 Å². The molecule has 1 heterocycles. The lowest BCUT2D eigenvalue weighted by atomic mass is 10.2. The monoisotopic (exact) mass is 373 g/mol. The van der Waals surface area contributed by atoms with Gasteiger partial charge in [-0.05, 0) is 35.9 Å². The van der Waals surface area contributed by atoms with Gasteiger partial charge < -0.3 is 14.8 Å². The molecule has 0 atom stereocenters. The third kappa shape index (κ3) is 2.82. The summed E-state index contributed by atoms with van der Waals surface area (Å²) in [4.78, 5) is 0. The van der Waals surface area contributed by atoms with Crippen molar-refractivity contribution in [1.29, 1.82) is 0 Å². The van der Waals surface area contributed by atoms with E-state index in [0.717, 1.165) is 27.2 Å². The van der Waals surface area contributed by atoms with Crippen LogP contribution in [-0.4, -0.2) is 6.79 Å². The highest BCUT2D eigenvalue weighted by Gasteiger charge is 2.16. The minimum absolute atomic E-state index is 0.266. The predicted octanol–water partition coefficient (Wildman–Crippen LogP) is 5.10. The Balaban J connectivity index is 1.78. The number of anilines is 1. The van der Waals surface area contributed by atoms with Crippen molar-refractivity contribution in [3.05, 3.63) is 50.4 Å². The van der Waals surface area contributed by atoms with Crippen LogP contribution < -0.4 is 14.8 Å². The van der Waals surface area contributed by atoms with Crippen LogP contribution in [0.4, 0.5) is 5.69 Å². The first-order chi connectivity index (χ1) is 9.63. The van der Waals surface area contributed by atoms with E-state index in [1.54, 1.807) is 12.1 Å². The van der Waals surface area contributed by atoms with Gasteiger partial charge in [-0.1, -0.05) is 39.1 Å². The van der Waals surface area contributed by atoms with E-state index in [4.69, 9.17) is 32.7 Å². The lowest BCUT2D eigenvalue weighted by Gasteiger charge is -2.11. The van der Waals surface area contributed by atoms with Gasteiger partial charge >= 0.3 is 0 Å². The summed E-state index contributed by atoms with van der Waals surface area (Å²) in [7, 11) is 0. The summed E-state index contributed by atoms with van der Waals surface area (Å²) >= 11 is 15.5. The summed E-state index contributed by atoms with van der Waals surface area (Å²) in [5, 5.41) is 4.48. The van der Waals surface area contributed by atoms with Crippen molar-refractivity contribution in [2.24, 2.45) is 0 Å². The fourth-order valence-electron chi connectivity index (χ4n) is 1.92. The maximum atomic E-state index is 6.13. The Labute approximate surface area is 134 Å².